The molecule has 0 saturated carbocycles. The van der Waals surface area contributed by atoms with Crippen molar-refractivity contribution in [2.24, 2.45) is 5.92 Å². The Balaban J connectivity index is 1.89. The lowest BCUT2D eigenvalue weighted by molar-refractivity contribution is -0.162. The molecule has 2 saturated heterocycles. The number of carboxylic acid groups (broad SMARTS) is 1. The minimum atomic E-state index is -0.825. The van der Waals surface area contributed by atoms with Gasteiger partial charge in [-0.25, -0.2) is 4.79 Å². The molecule has 2 heterocycles. The normalized spacial score (nSPS) is 38.4. The maximum atomic E-state index is 10.8. The van der Waals surface area contributed by atoms with Crippen LogP contribution >= 0.6 is 0 Å². The van der Waals surface area contributed by atoms with Gasteiger partial charge in [-0.1, -0.05) is 0 Å². The minimum absolute atomic E-state index is 0.104. The van der Waals surface area contributed by atoms with Crippen LogP contribution in [0.2, 0.25) is 0 Å². The molecule has 4 heteroatoms. The van der Waals surface area contributed by atoms with Gasteiger partial charge in [0.1, 0.15) is 0 Å². The van der Waals surface area contributed by atoms with Gasteiger partial charge >= 0.3 is 5.97 Å². The summed E-state index contributed by atoms with van der Waals surface area (Å²) in [6.07, 6.45) is 3.12. The van der Waals surface area contributed by atoms with Crippen molar-refractivity contribution in [2.75, 3.05) is 13.2 Å². The number of carbonyl (C=O) groups is 1. The molecule has 2 fully saturated rings. The molecule has 0 aromatic heterocycles. The Bertz CT molecular complexity index is 210. The number of hydrogen-bond donors (Lipinski definition) is 1. The quantitative estimate of drug-likeness (QED) is 0.723. The van der Waals surface area contributed by atoms with Gasteiger partial charge in [0.15, 0.2) is 6.10 Å². The Morgan fingerprint density at radius 2 is 2.14 bits per heavy atom. The highest BCUT2D eigenvalue weighted by atomic mass is 16.5. The molecule has 2 aliphatic rings. The van der Waals surface area contributed by atoms with Crippen LogP contribution in [0.3, 0.4) is 0 Å². The van der Waals surface area contributed by atoms with Gasteiger partial charge in [0.25, 0.3) is 0 Å². The van der Waals surface area contributed by atoms with Crippen molar-refractivity contribution in [3.63, 3.8) is 0 Å². The number of ether oxygens (including phenoxy) is 2. The summed E-state index contributed by atoms with van der Waals surface area (Å²) in [5.74, 6) is -0.411. The molecule has 0 radical (unpaired) electrons. The zero-order valence-corrected chi connectivity index (χ0v) is 8.15. The fourth-order valence-corrected chi connectivity index (χ4v) is 2.23. The van der Waals surface area contributed by atoms with Crippen LogP contribution in [0.15, 0.2) is 0 Å². The standard InChI is InChI=1S/C10H16O4/c11-10(12)9-3-1-2-8(14-9)7-4-5-13-6-7/h7-9H,1-6H2,(H,11,12). The Morgan fingerprint density at radius 1 is 1.29 bits per heavy atom. The van der Waals surface area contributed by atoms with Crippen LogP contribution in [0.25, 0.3) is 0 Å². The highest BCUT2D eigenvalue weighted by Gasteiger charge is 2.33. The zero-order valence-electron chi connectivity index (χ0n) is 8.15. The van der Waals surface area contributed by atoms with E-state index in [0.29, 0.717) is 12.3 Å². The lowest BCUT2D eigenvalue weighted by Gasteiger charge is -2.30. The summed E-state index contributed by atoms with van der Waals surface area (Å²) in [7, 11) is 0. The molecule has 0 aromatic carbocycles. The lowest BCUT2D eigenvalue weighted by Crippen LogP contribution is -2.37. The van der Waals surface area contributed by atoms with E-state index in [1.54, 1.807) is 0 Å². The second kappa shape index (κ2) is 4.28. The van der Waals surface area contributed by atoms with Crippen molar-refractivity contribution < 1.29 is 19.4 Å². The van der Waals surface area contributed by atoms with Crippen LogP contribution in [0, 0.1) is 5.92 Å². The molecular formula is C10H16O4. The number of hydrogen-bond acceptors (Lipinski definition) is 3. The topological polar surface area (TPSA) is 55.8 Å². The number of carboxylic acids is 1. The molecule has 2 aliphatic heterocycles. The Labute approximate surface area is 83.2 Å². The Morgan fingerprint density at radius 3 is 2.79 bits per heavy atom. The van der Waals surface area contributed by atoms with E-state index in [1.807, 2.05) is 0 Å². The second-order valence-electron chi connectivity index (χ2n) is 4.06. The van der Waals surface area contributed by atoms with E-state index >= 15 is 0 Å². The van der Waals surface area contributed by atoms with Gasteiger partial charge in [-0.2, -0.15) is 0 Å². The predicted octanol–water partition coefficient (Wildman–Crippen LogP) is 1.05. The van der Waals surface area contributed by atoms with Crippen LogP contribution < -0.4 is 0 Å². The van der Waals surface area contributed by atoms with Gasteiger partial charge in [0.05, 0.1) is 12.7 Å². The van der Waals surface area contributed by atoms with E-state index < -0.39 is 12.1 Å². The molecular weight excluding hydrogens is 184 g/mol. The fraction of sp³-hybridized carbons (Fsp3) is 0.900. The van der Waals surface area contributed by atoms with Crippen molar-refractivity contribution in [2.45, 2.75) is 37.9 Å². The minimum Gasteiger partial charge on any atom is -0.479 e. The predicted molar refractivity (Wildman–Crippen MR) is 49.1 cm³/mol. The van der Waals surface area contributed by atoms with Crippen molar-refractivity contribution in [3.05, 3.63) is 0 Å². The van der Waals surface area contributed by atoms with Crippen LogP contribution in [0.5, 0.6) is 0 Å². The summed E-state index contributed by atoms with van der Waals surface area (Å²) in [5, 5.41) is 8.84. The molecule has 0 bridgehead atoms. The van der Waals surface area contributed by atoms with Gasteiger partial charge < -0.3 is 14.6 Å². The first-order valence-electron chi connectivity index (χ1n) is 5.23. The van der Waals surface area contributed by atoms with Crippen molar-refractivity contribution in [1.29, 1.82) is 0 Å². The molecule has 14 heavy (non-hydrogen) atoms. The first-order chi connectivity index (χ1) is 6.77. The molecule has 0 aromatic rings. The van der Waals surface area contributed by atoms with Gasteiger partial charge in [-0.05, 0) is 25.7 Å². The molecule has 0 aliphatic carbocycles. The van der Waals surface area contributed by atoms with Crippen molar-refractivity contribution in [3.8, 4) is 0 Å². The summed E-state index contributed by atoms with van der Waals surface area (Å²) >= 11 is 0. The van der Waals surface area contributed by atoms with Gasteiger partial charge in [-0.3, -0.25) is 0 Å². The molecule has 3 atom stereocenters. The summed E-state index contributed by atoms with van der Waals surface area (Å²) in [6.45, 7) is 1.53. The monoisotopic (exact) mass is 200 g/mol. The highest BCUT2D eigenvalue weighted by molar-refractivity contribution is 5.72. The number of rotatable bonds is 2. The molecule has 0 amide bonds. The maximum absolute atomic E-state index is 10.8. The SMILES string of the molecule is O=C(O)C1CCCC(C2CCOC2)O1. The van der Waals surface area contributed by atoms with Crippen LogP contribution in [0.1, 0.15) is 25.7 Å². The molecule has 80 valence electrons. The van der Waals surface area contributed by atoms with E-state index in [2.05, 4.69) is 0 Å². The average Bonchev–Trinajstić information content (AvgIpc) is 2.71. The lowest BCUT2D eigenvalue weighted by atomic mass is 9.93. The largest absolute Gasteiger partial charge is 0.479 e. The summed E-state index contributed by atoms with van der Waals surface area (Å²) in [4.78, 5) is 10.8. The van der Waals surface area contributed by atoms with E-state index in [9.17, 15) is 4.79 Å². The highest BCUT2D eigenvalue weighted by Crippen LogP contribution is 2.29. The fourth-order valence-electron chi connectivity index (χ4n) is 2.23. The van der Waals surface area contributed by atoms with Crippen LogP contribution in [-0.4, -0.2) is 36.5 Å². The van der Waals surface area contributed by atoms with Crippen LogP contribution in [0.4, 0.5) is 0 Å². The Kier molecular flexibility index (Phi) is 3.03. The summed E-state index contributed by atoms with van der Waals surface area (Å²) < 4.78 is 10.8. The van der Waals surface area contributed by atoms with Crippen LogP contribution in [-0.2, 0) is 14.3 Å². The van der Waals surface area contributed by atoms with E-state index in [1.165, 1.54) is 0 Å². The zero-order chi connectivity index (χ0) is 9.97. The van der Waals surface area contributed by atoms with Gasteiger partial charge in [-0.15, -0.1) is 0 Å². The van der Waals surface area contributed by atoms with Crippen molar-refractivity contribution in [1.82, 2.24) is 0 Å². The van der Waals surface area contributed by atoms with E-state index in [-0.39, 0.29) is 6.10 Å². The van der Waals surface area contributed by atoms with Gasteiger partial charge in [0, 0.05) is 12.5 Å². The average molecular weight is 200 g/mol. The smallest absolute Gasteiger partial charge is 0.332 e. The third-order valence-corrected chi connectivity index (χ3v) is 3.06. The number of aliphatic carboxylic acids is 1. The molecule has 0 spiro atoms. The third-order valence-electron chi connectivity index (χ3n) is 3.06. The summed E-state index contributed by atoms with van der Waals surface area (Å²) in [6, 6.07) is 0. The molecule has 2 rings (SSSR count). The second-order valence-corrected chi connectivity index (χ2v) is 4.06. The van der Waals surface area contributed by atoms with Crippen molar-refractivity contribution >= 4 is 5.97 Å². The summed E-state index contributed by atoms with van der Waals surface area (Å²) in [5.41, 5.74) is 0. The first-order valence-corrected chi connectivity index (χ1v) is 5.23. The third kappa shape index (κ3) is 2.07. The van der Waals surface area contributed by atoms with Gasteiger partial charge in [0.2, 0.25) is 0 Å². The molecule has 1 N–H and O–H groups in total. The first kappa shape index (κ1) is 9.93. The van der Waals surface area contributed by atoms with E-state index in [4.69, 9.17) is 14.6 Å². The maximum Gasteiger partial charge on any atom is 0.332 e. The molecule has 4 nitrogen and oxygen atoms in total. The molecule has 3 unspecified atom stereocenters. The Hall–Kier alpha value is -0.610. The van der Waals surface area contributed by atoms with E-state index in [0.717, 1.165) is 32.5 Å².